The standard InChI is InChI=1S/C9H14O.C9H10O.C7H14O.C6H12O.C6H14.C5H10O2.C5H10O.C5H8O.C5H12.C4H8O.C4H10.2C3H8.2CH4/c2*1-7-5-3-4-6-9(7)8(2)10;1-3-4-5-6-7(2)8;1-3-4-5-6(2)7;1-3-5-6-4-2;1-3-7-4-5(2)6;2*1-3-4-5(2)6;1-3-5-4-2;1-3-4(2)5;1-3-4-2;2*1-3-2;;/h3-4,7,9H,5-6H2,1-2H3;3-6H,1-2H3;3-6H2,1-2H3;3-5H2,1-2H3;3-6H2,1-2H3;3-4H2,1-2H3;3-4H2,1-2H3;3-4H,1-2H3;3-5H2,1-2H3;3H2,1-2H3;3-4H2,1-2H3;2*3H2,1-2H3;2*1H4. The van der Waals surface area contributed by atoms with Crippen molar-refractivity contribution in [3.63, 3.8) is 0 Å². The van der Waals surface area contributed by atoms with Crippen molar-refractivity contribution in [2.24, 2.45) is 11.8 Å². The minimum Gasteiger partial charge on any atom is -0.374 e. The van der Waals surface area contributed by atoms with Crippen molar-refractivity contribution < 1.29 is 43.1 Å². The number of carbonyl (C=O) groups is 8. The van der Waals surface area contributed by atoms with E-state index in [1.54, 1.807) is 47.6 Å². The number of Topliss-reactive ketones (excluding diaryl/α,β-unsaturated/α-hetero) is 7. The predicted molar refractivity (Wildman–Crippen MR) is 368 cm³/mol. The van der Waals surface area contributed by atoms with Crippen LogP contribution in [0.3, 0.4) is 0 Å². The zero-order chi connectivity index (χ0) is 65.0. The van der Waals surface area contributed by atoms with Crippen molar-refractivity contribution in [3.8, 4) is 0 Å². The highest BCUT2D eigenvalue weighted by Crippen LogP contribution is 2.25. The van der Waals surface area contributed by atoms with Gasteiger partial charge in [-0.05, 0) is 126 Å². The number of hydrogen-bond acceptors (Lipinski definition) is 9. The van der Waals surface area contributed by atoms with Gasteiger partial charge in [-0.1, -0.05) is 251 Å². The van der Waals surface area contributed by atoms with E-state index in [9.17, 15) is 38.4 Å². The fourth-order valence-electron chi connectivity index (χ4n) is 5.22. The van der Waals surface area contributed by atoms with Crippen molar-refractivity contribution in [2.75, 3.05) is 13.2 Å². The van der Waals surface area contributed by atoms with Crippen molar-refractivity contribution in [1.82, 2.24) is 0 Å². The Morgan fingerprint density at radius 1 is 0.476 bits per heavy atom. The maximum Gasteiger partial charge on any atom is 0.160 e. The van der Waals surface area contributed by atoms with E-state index >= 15 is 0 Å². The van der Waals surface area contributed by atoms with Crippen LogP contribution in [-0.4, -0.2) is 59.5 Å². The molecule has 82 heavy (non-hydrogen) atoms. The maximum absolute atomic E-state index is 11.0. The summed E-state index contributed by atoms with van der Waals surface area (Å²) in [6.07, 6.45) is 33.9. The topological polar surface area (TPSA) is 146 Å². The van der Waals surface area contributed by atoms with Crippen LogP contribution >= 0.6 is 0 Å². The lowest BCUT2D eigenvalue weighted by Gasteiger charge is -2.21. The van der Waals surface area contributed by atoms with Crippen LogP contribution in [-0.2, 0) is 38.3 Å². The maximum atomic E-state index is 11.0. The highest BCUT2D eigenvalue weighted by Gasteiger charge is 2.21. The van der Waals surface area contributed by atoms with Crippen LogP contribution in [0.5, 0.6) is 0 Å². The Balaban J connectivity index is -0.0000000579. The summed E-state index contributed by atoms with van der Waals surface area (Å²) in [5.41, 5.74) is 1.87. The molecule has 492 valence electrons. The first-order valence-corrected chi connectivity index (χ1v) is 31.5. The molecule has 0 fully saturated rings. The van der Waals surface area contributed by atoms with E-state index in [1.165, 1.54) is 103 Å². The number of rotatable bonds is 22. The van der Waals surface area contributed by atoms with Gasteiger partial charge in [0, 0.05) is 43.8 Å². The second kappa shape index (κ2) is 102. The van der Waals surface area contributed by atoms with Crippen LogP contribution in [0, 0.1) is 18.8 Å². The molecule has 0 amide bonds. The van der Waals surface area contributed by atoms with Gasteiger partial charge < -0.3 is 23.9 Å². The number of benzene rings is 1. The number of allylic oxidation sites excluding steroid dienone is 4. The number of unbranched alkanes of at least 4 members (excludes halogenated alkanes) is 9. The molecule has 0 bridgehead atoms. The quantitative estimate of drug-likeness (QED) is 0.0479. The molecule has 0 heterocycles. The average Bonchev–Trinajstić information content (AvgIpc) is 3.39. The summed E-state index contributed by atoms with van der Waals surface area (Å²) in [6.45, 7) is 51.3. The van der Waals surface area contributed by atoms with Crippen molar-refractivity contribution >= 4 is 46.3 Å². The number of aryl methyl sites for hydroxylation is 1. The third-order valence-electron chi connectivity index (χ3n) is 9.99. The van der Waals surface area contributed by atoms with E-state index in [1.807, 2.05) is 58.9 Å². The highest BCUT2D eigenvalue weighted by atomic mass is 16.5. The minimum absolute atomic E-state index is 0. The molecule has 9 nitrogen and oxygen atoms in total. The third kappa shape index (κ3) is 152. The lowest BCUT2D eigenvalue weighted by atomic mass is 9.82. The molecule has 9 heteroatoms. The lowest BCUT2D eigenvalue weighted by molar-refractivity contribution is -0.122. The van der Waals surface area contributed by atoms with Gasteiger partial charge >= 0.3 is 0 Å². The summed E-state index contributed by atoms with van der Waals surface area (Å²) in [5, 5.41) is 0. The largest absolute Gasteiger partial charge is 0.374 e. The van der Waals surface area contributed by atoms with Gasteiger partial charge in [-0.3, -0.25) is 19.2 Å². The summed E-state index contributed by atoms with van der Waals surface area (Å²) in [6, 6.07) is 7.60. The Morgan fingerprint density at radius 2 is 0.841 bits per heavy atom. The van der Waals surface area contributed by atoms with E-state index in [4.69, 9.17) is 4.74 Å². The Kier molecular flexibility index (Phi) is 136. The van der Waals surface area contributed by atoms with Gasteiger partial charge in [-0.25, -0.2) is 0 Å². The lowest BCUT2D eigenvalue weighted by Crippen LogP contribution is -2.20. The molecule has 2 atom stereocenters. The van der Waals surface area contributed by atoms with E-state index in [2.05, 4.69) is 102 Å². The van der Waals surface area contributed by atoms with E-state index < -0.39 is 0 Å². The molecule has 0 aliphatic heterocycles. The van der Waals surface area contributed by atoms with Gasteiger partial charge in [0.15, 0.2) is 17.3 Å². The molecule has 0 saturated carbocycles. The first-order chi connectivity index (χ1) is 37.6. The molecule has 0 spiro atoms. The van der Waals surface area contributed by atoms with Crippen LogP contribution in [0.15, 0.2) is 48.6 Å². The molecular weight excluding hydrogens is 1020 g/mol. The monoisotopic (exact) mass is 1170 g/mol. The van der Waals surface area contributed by atoms with Crippen molar-refractivity contribution in [3.05, 3.63) is 59.7 Å². The summed E-state index contributed by atoms with van der Waals surface area (Å²) in [7, 11) is 0. The third-order valence-corrected chi connectivity index (χ3v) is 9.99. The van der Waals surface area contributed by atoms with Crippen LogP contribution in [0.4, 0.5) is 0 Å². The molecule has 0 saturated heterocycles. The van der Waals surface area contributed by atoms with Crippen LogP contribution in [0.1, 0.15) is 352 Å². The first kappa shape index (κ1) is 109. The summed E-state index contributed by atoms with van der Waals surface area (Å²) in [4.78, 5) is 82.3. The first-order valence-electron chi connectivity index (χ1n) is 31.5. The Labute approximate surface area is 514 Å². The molecule has 2 unspecified atom stereocenters. The van der Waals surface area contributed by atoms with Gasteiger partial charge in [0.05, 0.1) is 0 Å². The van der Waals surface area contributed by atoms with Gasteiger partial charge in [0.2, 0.25) is 0 Å². The Bertz CT molecular complexity index is 1480. The molecule has 2 rings (SSSR count). The van der Waals surface area contributed by atoms with Gasteiger partial charge in [0.25, 0.3) is 0 Å². The smallest absolute Gasteiger partial charge is 0.160 e. The Hall–Kier alpha value is -3.98. The number of ether oxygens (including phenoxy) is 1. The zero-order valence-corrected chi connectivity index (χ0v) is 58.1. The number of ketones is 8. The molecule has 1 aromatic carbocycles. The van der Waals surface area contributed by atoms with Gasteiger partial charge in [0.1, 0.15) is 35.5 Å². The SMILES string of the molecule is C.C.CC(=O)C1CC=CCC1C.CC(=O)c1ccccc1C.CC=CC(C)=O.CCC.CCC.CCC(C)=O.CCCC.CCCC(C)=O.CCCCC.CCCCC(C)=O.CCCCCC.CCCCCC(C)=O.CCOCC(C)=O. The highest BCUT2D eigenvalue weighted by molar-refractivity contribution is 5.95. The van der Waals surface area contributed by atoms with E-state index in [0.717, 1.165) is 68.9 Å². The molecular formula is C73H146O9. The van der Waals surface area contributed by atoms with Gasteiger partial charge in [-0.15, -0.1) is 0 Å². The second-order valence-corrected chi connectivity index (χ2v) is 19.9. The molecule has 0 N–H and O–H groups in total. The molecule has 0 aromatic heterocycles. The Morgan fingerprint density at radius 3 is 1.01 bits per heavy atom. The zero-order valence-electron chi connectivity index (χ0n) is 58.1. The van der Waals surface area contributed by atoms with Crippen molar-refractivity contribution in [1.29, 1.82) is 0 Å². The fraction of sp³-hybridized carbons (Fsp3) is 0.753. The minimum atomic E-state index is 0. The van der Waals surface area contributed by atoms with E-state index in [-0.39, 0.29) is 50.4 Å². The normalized spacial score (nSPS) is 11.2. The van der Waals surface area contributed by atoms with E-state index in [0.29, 0.717) is 42.2 Å². The number of hydrogen-bond donors (Lipinski definition) is 0. The van der Waals surface area contributed by atoms with Crippen LogP contribution in [0.25, 0.3) is 0 Å². The number of carbonyl (C=O) groups excluding carboxylic acids is 8. The van der Waals surface area contributed by atoms with Gasteiger partial charge in [-0.2, -0.15) is 0 Å². The molecule has 1 aliphatic rings. The summed E-state index contributed by atoms with van der Waals surface area (Å²) < 4.78 is 4.75. The average molecular weight is 1170 g/mol. The van der Waals surface area contributed by atoms with Crippen molar-refractivity contribution in [2.45, 2.75) is 343 Å². The molecule has 1 aliphatic carbocycles. The summed E-state index contributed by atoms with van der Waals surface area (Å²) in [5.74, 6) is 2.70. The summed E-state index contributed by atoms with van der Waals surface area (Å²) >= 11 is 0. The molecule has 1 aromatic rings. The second-order valence-electron chi connectivity index (χ2n) is 19.9. The van der Waals surface area contributed by atoms with Crippen LogP contribution < -0.4 is 0 Å². The predicted octanol–water partition coefficient (Wildman–Crippen LogP) is 23.1. The van der Waals surface area contributed by atoms with Crippen LogP contribution in [0.2, 0.25) is 0 Å². The fourth-order valence-corrected chi connectivity index (χ4v) is 5.22. The molecule has 0 radical (unpaired) electrons.